The summed E-state index contributed by atoms with van der Waals surface area (Å²) in [7, 11) is 3.36. The molecule has 0 bridgehead atoms. The maximum Gasteiger partial charge on any atom is 0.132 e. The summed E-state index contributed by atoms with van der Waals surface area (Å²) < 4.78 is 13.9. The van der Waals surface area contributed by atoms with Crippen molar-refractivity contribution < 1.29 is 9.47 Å². The summed E-state index contributed by atoms with van der Waals surface area (Å²) in [4.78, 5) is 3.10. The van der Waals surface area contributed by atoms with Crippen LogP contribution in [0, 0.1) is 0 Å². The number of ether oxygens (including phenoxy) is 2. The lowest BCUT2D eigenvalue weighted by Gasteiger charge is -2.25. The summed E-state index contributed by atoms with van der Waals surface area (Å²) in [6.45, 7) is 0.598. The van der Waals surface area contributed by atoms with E-state index in [1.807, 2.05) is 42.5 Å². The Bertz CT molecular complexity index is 1310. The van der Waals surface area contributed by atoms with Crippen LogP contribution in [0.2, 0.25) is 0 Å². The number of hydrogen-bond acceptors (Lipinski definition) is 3. The molecule has 1 aromatic heterocycles. The van der Waals surface area contributed by atoms with Gasteiger partial charge in [0.25, 0.3) is 0 Å². The fraction of sp³-hybridized carbons (Fsp3) is 0.200. The highest BCUT2D eigenvalue weighted by Crippen LogP contribution is 2.50. The molecule has 4 aromatic rings. The number of aromatic nitrogens is 1. The molecule has 0 amide bonds. The molecule has 0 fully saturated rings. The van der Waals surface area contributed by atoms with Crippen LogP contribution < -0.4 is 9.47 Å². The van der Waals surface area contributed by atoms with Gasteiger partial charge in [-0.3, -0.25) is 0 Å². The largest absolute Gasteiger partial charge is 0.496 e. The van der Waals surface area contributed by atoms with Gasteiger partial charge in [0.05, 0.1) is 36.9 Å². The van der Waals surface area contributed by atoms with Gasteiger partial charge in [0.15, 0.2) is 0 Å². The highest BCUT2D eigenvalue weighted by atomic mass is 16.5. The highest BCUT2D eigenvalue weighted by Gasteiger charge is 2.32. The van der Waals surface area contributed by atoms with Crippen LogP contribution in [0.5, 0.6) is 11.5 Å². The van der Waals surface area contributed by atoms with E-state index < -0.39 is 0 Å². The molecule has 6 heteroatoms. The number of benzene rings is 3. The molecule has 0 aliphatic carbocycles. The molecule has 31 heavy (non-hydrogen) atoms. The van der Waals surface area contributed by atoms with E-state index in [4.69, 9.17) is 15.0 Å². The second kappa shape index (κ2) is 7.74. The van der Waals surface area contributed by atoms with E-state index in [0.717, 1.165) is 50.3 Å². The average molecular weight is 410 g/mol. The standard InChI is InChI=1S/C25H22N4O2/c1-30-20-14-21(31-2)23-22(16-9-5-3-6-10-16)24(17-11-7-4-8-12-17)29-15-18(27-28-26)13-19(20)25(23)29/h3-12,14,18H,13,15H2,1-2H3. The molecular weight excluding hydrogens is 388 g/mol. The van der Waals surface area contributed by atoms with Gasteiger partial charge < -0.3 is 14.0 Å². The quantitative estimate of drug-likeness (QED) is 0.222. The van der Waals surface area contributed by atoms with Crippen molar-refractivity contribution in [2.45, 2.75) is 19.0 Å². The molecule has 0 saturated carbocycles. The van der Waals surface area contributed by atoms with Crippen LogP contribution >= 0.6 is 0 Å². The zero-order valence-electron chi connectivity index (χ0n) is 17.4. The molecule has 154 valence electrons. The van der Waals surface area contributed by atoms with E-state index in [9.17, 15) is 0 Å². The van der Waals surface area contributed by atoms with Crippen LogP contribution in [0.4, 0.5) is 0 Å². The molecule has 1 atom stereocenters. The molecule has 5 rings (SSSR count). The van der Waals surface area contributed by atoms with Crippen molar-refractivity contribution in [3.05, 3.63) is 82.7 Å². The van der Waals surface area contributed by atoms with E-state index in [1.165, 1.54) is 0 Å². The van der Waals surface area contributed by atoms with Gasteiger partial charge >= 0.3 is 0 Å². The summed E-state index contributed by atoms with van der Waals surface area (Å²) in [6, 6.07) is 22.4. The minimum Gasteiger partial charge on any atom is -0.496 e. The minimum atomic E-state index is -0.193. The van der Waals surface area contributed by atoms with Crippen LogP contribution in [-0.4, -0.2) is 24.8 Å². The third-order valence-electron chi connectivity index (χ3n) is 5.95. The maximum atomic E-state index is 9.14. The highest BCUT2D eigenvalue weighted by molar-refractivity contribution is 6.09. The summed E-state index contributed by atoms with van der Waals surface area (Å²) in [5.74, 6) is 1.52. The normalized spacial score (nSPS) is 14.8. The van der Waals surface area contributed by atoms with Crippen LogP contribution in [0.3, 0.4) is 0 Å². The van der Waals surface area contributed by atoms with Gasteiger partial charge in [-0.2, -0.15) is 0 Å². The fourth-order valence-corrected chi connectivity index (χ4v) is 4.73. The van der Waals surface area contributed by atoms with E-state index in [2.05, 4.69) is 38.9 Å². The molecular formula is C25H22N4O2. The third-order valence-corrected chi connectivity index (χ3v) is 5.95. The number of azide groups is 1. The Hall–Kier alpha value is -3.89. The van der Waals surface area contributed by atoms with Crippen molar-refractivity contribution in [3.63, 3.8) is 0 Å². The van der Waals surface area contributed by atoms with Gasteiger partial charge in [0.1, 0.15) is 11.5 Å². The second-order valence-corrected chi connectivity index (χ2v) is 7.61. The smallest absolute Gasteiger partial charge is 0.132 e. The molecule has 0 radical (unpaired) electrons. The number of hydrogen-bond donors (Lipinski definition) is 0. The molecule has 1 aliphatic heterocycles. The zero-order valence-corrected chi connectivity index (χ0v) is 17.4. The Kier molecular flexibility index (Phi) is 4.77. The van der Waals surface area contributed by atoms with Gasteiger partial charge in [0, 0.05) is 28.6 Å². The first-order chi connectivity index (χ1) is 15.3. The number of rotatable bonds is 5. The third kappa shape index (κ3) is 3.00. The van der Waals surface area contributed by atoms with Gasteiger partial charge in [-0.05, 0) is 23.1 Å². The lowest BCUT2D eigenvalue weighted by atomic mass is 9.95. The number of methoxy groups -OCH3 is 2. The summed E-state index contributed by atoms with van der Waals surface area (Å²) in [6.07, 6.45) is 0.625. The van der Waals surface area contributed by atoms with Crippen molar-refractivity contribution in [3.8, 4) is 33.9 Å². The molecule has 6 nitrogen and oxygen atoms in total. The van der Waals surface area contributed by atoms with Crippen molar-refractivity contribution in [2.24, 2.45) is 5.11 Å². The number of nitrogens with zero attached hydrogens (tertiary/aromatic N) is 4. The molecule has 3 aromatic carbocycles. The Morgan fingerprint density at radius 1 is 0.935 bits per heavy atom. The zero-order chi connectivity index (χ0) is 21.4. The SMILES string of the molecule is COc1cc(OC)c2c(-c3ccccc3)c(-c3ccccc3)n3c2c1CC(N=[N+]=[N-])C3. The Morgan fingerprint density at radius 3 is 2.19 bits per heavy atom. The molecule has 2 heterocycles. The molecule has 0 N–H and O–H groups in total. The summed E-state index contributed by atoms with van der Waals surface area (Å²) in [5, 5.41) is 5.14. The first-order valence-corrected chi connectivity index (χ1v) is 10.2. The Morgan fingerprint density at radius 2 is 1.58 bits per heavy atom. The van der Waals surface area contributed by atoms with Crippen LogP contribution in [0.1, 0.15) is 5.56 Å². The van der Waals surface area contributed by atoms with Gasteiger partial charge in [-0.25, -0.2) is 0 Å². The molecule has 1 unspecified atom stereocenters. The van der Waals surface area contributed by atoms with Crippen LogP contribution in [0.15, 0.2) is 71.8 Å². The molecule has 1 aliphatic rings. The Balaban J connectivity index is 1.98. The first-order valence-electron chi connectivity index (χ1n) is 10.2. The van der Waals surface area contributed by atoms with Gasteiger partial charge in [-0.1, -0.05) is 65.8 Å². The minimum absolute atomic E-state index is 0.193. The maximum absolute atomic E-state index is 9.14. The van der Waals surface area contributed by atoms with Crippen molar-refractivity contribution in [1.29, 1.82) is 0 Å². The molecule has 0 saturated heterocycles. The van der Waals surface area contributed by atoms with E-state index in [0.29, 0.717) is 13.0 Å². The van der Waals surface area contributed by atoms with E-state index >= 15 is 0 Å². The van der Waals surface area contributed by atoms with Crippen LogP contribution in [-0.2, 0) is 13.0 Å². The monoisotopic (exact) mass is 410 g/mol. The van der Waals surface area contributed by atoms with Crippen molar-refractivity contribution in [2.75, 3.05) is 14.2 Å². The predicted octanol–water partition coefficient (Wildman–Crippen LogP) is 6.23. The van der Waals surface area contributed by atoms with Crippen LogP contribution in [0.25, 0.3) is 43.7 Å². The van der Waals surface area contributed by atoms with Crippen molar-refractivity contribution in [1.82, 2.24) is 4.57 Å². The van der Waals surface area contributed by atoms with Crippen molar-refractivity contribution >= 4 is 10.9 Å². The lowest BCUT2D eigenvalue weighted by molar-refractivity contribution is 0.390. The van der Waals surface area contributed by atoms with Gasteiger partial charge in [0.2, 0.25) is 0 Å². The predicted molar refractivity (Wildman–Crippen MR) is 123 cm³/mol. The topological polar surface area (TPSA) is 72.2 Å². The van der Waals surface area contributed by atoms with E-state index in [1.54, 1.807) is 14.2 Å². The second-order valence-electron chi connectivity index (χ2n) is 7.61. The Labute approximate surface area is 180 Å². The lowest BCUT2D eigenvalue weighted by Crippen LogP contribution is -2.23. The average Bonchev–Trinajstić information content (AvgIpc) is 3.16. The summed E-state index contributed by atoms with van der Waals surface area (Å²) in [5.41, 5.74) is 15.7. The first kappa shape index (κ1) is 19.1. The summed E-state index contributed by atoms with van der Waals surface area (Å²) >= 11 is 0. The fourth-order valence-electron chi connectivity index (χ4n) is 4.73. The van der Waals surface area contributed by atoms with Gasteiger partial charge in [-0.15, -0.1) is 0 Å². The molecule has 0 spiro atoms. The van der Waals surface area contributed by atoms with E-state index in [-0.39, 0.29) is 6.04 Å².